The zero-order valence-corrected chi connectivity index (χ0v) is 20.1. The number of amides is 2. The molecule has 2 heterocycles. The first-order chi connectivity index (χ1) is 14.2. The van der Waals surface area contributed by atoms with Gasteiger partial charge in [-0.1, -0.05) is 46.3 Å². The number of carbonyl (C=O) groups is 1. The summed E-state index contributed by atoms with van der Waals surface area (Å²) in [6.45, 7) is 12.7. The molecule has 0 radical (unpaired) electrons. The highest BCUT2D eigenvalue weighted by atomic mass is 28.3. The molecule has 2 unspecified atom stereocenters. The molecule has 1 aliphatic rings. The lowest BCUT2D eigenvalue weighted by Crippen LogP contribution is -2.45. The number of nitrogens with one attached hydrogen (secondary N) is 2. The van der Waals surface area contributed by atoms with Crippen LogP contribution >= 0.6 is 0 Å². The maximum absolute atomic E-state index is 12.5. The van der Waals surface area contributed by atoms with Crippen LogP contribution in [0.3, 0.4) is 0 Å². The Morgan fingerprint density at radius 3 is 2.80 bits per heavy atom. The van der Waals surface area contributed by atoms with Gasteiger partial charge in [0.15, 0.2) is 11.5 Å². The lowest BCUT2D eigenvalue weighted by atomic mass is 9.78. The predicted molar refractivity (Wildman–Crippen MR) is 124 cm³/mol. The van der Waals surface area contributed by atoms with E-state index in [1.807, 2.05) is 16.8 Å². The lowest BCUT2D eigenvalue weighted by Gasteiger charge is -2.34. The predicted octanol–water partition coefficient (Wildman–Crippen LogP) is 5.08. The molecule has 166 valence electrons. The second-order valence-corrected chi connectivity index (χ2v) is 15.6. The minimum Gasteiger partial charge on any atom is -0.361 e. The summed E-state index contributed by atoms with van der Waals surface area (Å²) in [4.78, 5) is 21.6. The summed E-state index contributed by atoms with van der Waals surface area (Å²) in [6.07, 6.45) is 8.19. The third kappa shape index (κ3) is 6.28. The summed E-state index contributed by atoms with van der Waals surface area (Å²) in [6, 6.07) is 3.07. The van der Waals surface area contributed by atoms with Crippen molar-refractivity contribution >= 4 is 31.1 Å². The van der Waals surface area contributed by atoms with E-state index in [2.05, 4.69) is 54.1 Å². The van der Waals surface area contributed by atoms with Gasteiger partial charge in [-0.15, -0.1) is 0 Å². The molecule has 1 fully saturated rings. The SMILES string of the molecule is CC(C)C1CCCCC1NC(=O)Nc1cnc2c(ccn2COCC[Si](C)(C)C)n1. The van der Waals surface area contributed by atoms with Crippen LogP contribution in [-0.4, -0.2) is 41.3 Å². The standard InChI is InChI=1S/C22H37N5O2Si/c1-16(2)17-8-6-7-9-18(17)25-22(28)26-20-14-23-21-19(24-20)10-11-27(21)15-29-12-13-30(3,4)5/h10-11,14,16-18H,6-9,12-13,15H2,1-5H3,(H2,24,25,26,28). The normalized spacial score (nSPS) is 19.9. The number of carbonyl (C=O) groups excluding carboxylic acids is 1. The van der Waals surface area contributed by atoms with Gasteiger partial charge >= 0.3 is 6.03 Å². The fourth-order valence-corrected chi connectivity index (χ4v) is 4.88. The smallest absolute Gasteiger partial charge is 0.320 e. The monoisotopic (exact) mass is 431 g/mol. The first-order valence-corrected chi connectivity index (χ1v) is 14.9. The first-order valence-electron chi connectivity index (χ1n) is 11.2. The summed E-state index contributed by atoms with van der Waals surface area (Å²) in [7, 11) is -1.09. The molecule has 2 atom stereocenters. The number of hydrogen-bond acceptors (Lipinski definition) is 4. The molecular formula is C22H37N5O2Si. The molecule has 0 saturated heterocycles. The Hall–Kier alpha value is -1.93. The fraction of sp³-hybridized carbons (Fsp3) is 0.682. The van der Waals surface area contributed by atoms with Gasteiger partial charge in [0.1, 0.15) is 12.2 Å². The maximum Gasteiger partial charge on any atom is 0.320 e. The van der Waals surface area contributed by atoms with Gasteiger partial charge in [-0.25, -0.2) is 14.8 Å². The van der Waals surface area contributed by atoms with E-state index < -0.39 is 8.07 Å². The minimum atomic E-state index is -1.09. The summed E-state index contributed by atoms with van der Waals surface area (Å²) in [5.74, 6) is 1.57. The molecule has 2 aromatic heterocycles. The molecule has 30 heavy (non-hydrogen) atoms. The van der Waals surface area contributed by atoms with Gasteiger partial charge in [0.25, 0.3) is 0 Å². The Kier molecular flexibility index (Phi) is 7.52. The molecule has 0 aromatic carbocycles. The van der Waals surface area contributed by atoms with Crippen molar-refractivity contribution in [2.24, 2.45) is 11.8 Å². The molecule has 2 N–H and O–H groups in total. The Balaban J connectivity index is 1.56. The fourth-order valence-electron chi connectivity index (χ4n) is 4.12. The second-order valence-electron chi connectivity index (χ2n) is 9.99. The number of anilines is 1. The summed E-state index contributed by atoms with van der Waals surface area (Å²) >= 11 is 0. The molecule has 1 aliphatic carbocycles. The molecular weight excluding hydrogens is 394 g/mol. The number of urea groups is 1. The molecule has 8 heteroatoms. The highest BCUT2D eigenvalue weighted by Crippen LogP contribution is 2.30. The van der Waals surface area contributed by atoms with E-state index in [0.717, 1.165) is 30.2 Å². The Morgan fingerprint density at radius 2 is 2.07 bits per heavy atom. The number of hydrogen-bond donors (Lipinski definition) is 2. The van der Waals surface area contributed by atoms with Crippen LogP contribution in [0.4, 0.5) is 10.6 Å². The zero-order valence-electron chi connectivity index (χ0n) is 19.1. The molecule has 0 aliphatic heterocycles. The highest BCUT2D eigenvalue weighted by Gasteiger charge is 2.28. The van der Waals surface area contributed by atoms with Gasteiger partial charge in [-0.2, -0.15) is 0 Å². The molecule has 1 saturated carbocycles. The number of ether oxygens (including phenoxy) is 1. The van der Waals surface area contributed by atoms with E-state index in [0.29, 0.717) is 24.4 Å². The third-order valence-electron chi connectivity index (χ3n) is 5.92. The van der Waals surface area contributed by atoms with Crippen LogP contribution in [0.25, 0.3) is 11.2 Å². The van der Waals surface area contributed by atoms with Crippen molar-refractivity contribution in [3.05, 3.63) is 18.5 Å². The van der Waals surface area contributed by atoms with Crippen molar-refractivity contribution in [1.29, 1.82) is 0 Å². The van der Waals surface area contributed by atoms with Gasteiger partial charge in [0.2, 0.25) is 0 Å². The van der Waals surface area contributed by atoms with Gasteiger partial charge in [0, 0.05) is 26.9 Å². The summed E-state index contributed by atoms with van der Waals surface area (Å²) in [5, 5.41) is 6.02. The Labute approximate surface area is 181 Å². The van der Waals surface area contributed by atoms with Gasteiger partial charge < -0.3 is 14.6 Å². The van der Waals surface area contributed by atoms with Crippen molar-refractivity contribution in [2.45, 2.75) is 78.0 Å². The molecule has 0 spiro atoms. The van der Waals surface area contributed by atoms with Gasteiger partial charge in [-0.05, 0) is 36.8 Å². The molecule has 2 aromatic rings. The largest absolute Gasteiger partial charge is 0.361 e. The van der Waals surface area contributed by atoms with E-state index in [4.69, 9.17) is 4.74 Å². The maximum atomic E-state index is 12.5. The van der Waals surface area contributed by atoms with Crippen LogP contribution in [0.2, 0.25) is 25.7 Å². The van der Waals surface area contributed by atoms with E-state index in [-0.39, 0.29) is 12.1 Å². The zero-order chi connectivity index (χ0) is 21.7. The lowest BCUT2D eigenvalue weighted by molar-refractivity contribution is 0.0899. The number of aromatic nitrogens is 3. The van der Waals surface area contributed by atoms with E-state index in [1.54, 1.807) is 6.20 Å². The van der Waals surface area contributed by atoms with Crippen molar-refractivity contribution in [3.63, 3.8) is 0 Å². The third-order valence-corrected chi connectivity index (χ3v) is 7.63. The average molecular weight is 432 g/mol. The van der Waals surface area contributed by atoms with Crippen LogP contribution in [0.15, 0.2) is 18.5 Å². The van der Waals surface area contributed by atoms with Crippen molar-refractivity contribution in [3.8, 4) is 0 Å². The van der Waals surface area contributed by atoms with Crippen LogP contribution in [0, 0.1) is 11.8 Å². The van der Waals surface area contributed by atoms with E-state index in [9.17, 15) is 4.79 Å². The van der Waals surface area contributed by atoms with Gasteiger partial charge in [-0.3, -0.25) is 5.32 Å². The van der Waals surface area contributed by atoms with Crippen LogP contribution in [0.5, 0.6) is 0 Å². The van der Waals surface area contributed by atoms with Gasteiger partial charge in [0.05, 0.1) is 6.20 Å². The number of nitrogens with zero attached hydrogens (tertiary/aromatic N) is 3. The number of rotatable bonds is 8. The Bertz CT molecular complexity index is 846. The molecule has 2 amide bonds. The first kappa shape index (κ1) is 22.7. The van der Waals surface area contributed by atoms with E-state index >= 15 is 0 Å². The highest BCUT2D eigenvalue weighted by molar-refractivity contribution is 6.76. The molecule has 0 bridgehead atoms. The van der Waals surface area contributed by atoms with Crippen LogP contribution < -0.4 is 10.6 Å². The van der Waals surface area contributed by atoms with Crippen molar-refractivity contribution < 1.29 is 9.53 Å². The summed E-state index contributed by atoms with van der Waals surface area (Å²) < 4.78 is 7.77. The van der Waals surface area contributed by atoms with Crippen LogP contribution in [0.1, 0.15) is 39.5 Å². The van der Waals surface area contributed by atoms with Crippen molar-refractivity contribution in [2.75, 3.05) is 11.9 Å². The topological polar surface area (TPSA) is 81.1 Å². The van der Waals surface area contributed by atoms with E-state index in [1.165, 1.54) is 19.3 Å². The second kappa shape index (κ2) is 9.92. The summed E-state index contributed by atoms with van der Waals surface area (Å²) in [5.41, 5.74) is 1.51. The molecule has 3 rings (SSSR count). The quantitative estimate of drug-likeness (QED) is 0.451. The van der Waals surface area contributed by atoms with Crippen molar-refractivity contribution in [1.82, 2.24) is 19.9 Å². The molecule has 7 nitrogen and oxygen atoms in total. The minimum absolute atomic E-state index is 0.199. The van der Waals surface area contributed by atoms with Crippen LogP contribution in [-0.2, 0) is 11.5 Å². The number of fused-ring (bicyclic) bond motifs is 1. The average Bonchev–Trinajstić information content (AvgIpc) is 3.07. The Morgan fingerprint density at radius 1 is 1.30 bits per heavy atom.